The minimum absolute atomic E-state index is 0.0629. The molecule has 4 rings (SSSR count). The molecule has 3 aliphatic carbocycles. The summed E-state index contributed by atoms with van der Waals surface area (Å²) in [6, 6.07) is 0.183. The number of nitrogens with two attached hydrogens (primary N) is 2. The first-order chi connectivity index (χ1) is 16.6. The first kappa shape index (κ1) is 25.4. The van der Waals surface area contributed by atoms with Gasteiger partial charge < -0.3 is 36.8 Å². The van der Waals surface area contributed by atoms with Crippen LogP contribution in [0.3, 0.4) is 0 Å². The highest BCUT2D eigenvalue weighted by molar-refractivity contribution is 6.25. The molecular formula is C24H29N5O7. The van der Waals surface area contributed by atoms with E-state index in [9.17, 15) is 34.8 Å². The quantitative estimate of drug-likeness (QED) is 0.230. The number of aliphatic hydroxyl groups excluding tert-OH is 2. The summed E-state index contributed by atoms with van der Waals surface area (Å²) in [5.74, 6) is -6.55. The van der Waals surface area contributed by atoms with Crippen molar-refractivity contribution in [1.29, 1.82) is 0 Å². The molecule has 1 aromatic carbocycles. The highest BCUT2D eigenvalue weighted by atomic mass is 16.4. The number of hydrogen-bond donors (Lipinski definition) is 6. The van der Waals surface area contributed by atoms with Crippen molar-refractivity contribution >= 4 is 41.3 Å². The molecule has 192 valence electrons. The lowest BCUT2D eigenvalue weighted by molar-refractivity contribution is -0.157. The minimum atomic E-state index is -2.95. The zero-order valence-corrected chi connectivity index (χ0v) is 20.4. The Bertz CT molecular complexity index is 1310. The van der Waals surface area contributed by atoms with E-state index >= 15 is 0 Å². The summed E-state index contributed by atoms with van der Waals surface area (Å²) in [6.45, 7) is 3.43. The fraction of sp³-hybridized carbons (Fsp3) is 0.417. The second-order valence-corrected chi connectivity index (χ2v) is 9.94. The van der Waals surface area contributed by atoms with Gasteiger partial charge in [-0.05, 0) is 51.2 Å². The van der Waals surface area contributed by atoms with E-state index < -0.39 is 63.4 Å². The molecule has 0 saturated heterocycles. The van der Waals surface area contributed by atoms with Gasteiger partial charge in [0.2, 0.25) is 11.4 Å². The zero-order valence-electron chi connectivity index (χ0n) is 20.4. The van der Waals surface area contributed by atoms with Crippen molar-refractivity contribution < 1.29 is 34.8 Å². The Morgan fingerprint density at radius 1 is 1.19 bits per heavy atom. The van der Waals surface area contributed by atoms with Crippen molar-refractivity contribution in [2.45, 2.75) is 30.0 Å². The van der Waals surface area contributed by atoms with Gasteiger partial charge in [-0.1, -0.05) is 0 Å². The molecular weight excluding hydrogens is 470 g/mol. The van der Waals surface area contributed by atoms with Crippen LogP contribution in [0.1, 0.15) is 17.5 Å². The number of rotatable bonds is 4. The average molecular weight is 500 g/mol. The number of aliphatic imine (C=N–C) groups is 1. The number of nitrogens with zero attached hydrogens (tertiary/aromatic N) is 3. The molecule has 1 fully saturated rings. The fourth-order valence-corrected chi connectivity index (χ4v) is 6.01. The number of anilines is 1. The van der Waals surface area contributed by atoms with Gasteiger partial charge in [0.1, 0.15) is 17.0 Å². The van der Waals surface area contributed by atoms with E-state index in [0.29, 0.717) is 11.3 Å². The van der Waals surface area contributed by atoms with Crippen LogP contribution in [0.5, 0.6) is 5.75 Å². The molecule has 4 atom stereocenters. The third-order valence-electron chi connectivity index (χ3n) is 7.52. The van der Waals surface area contributed by atoms with Gasteiger partial charge in [-0.25, -0.2) is 0 Å². The number of benzene rings is 1. The van der Waals surface area contributed by atoms with E-state index in [1.54, 1.807) is 25.1 Å². The average Bonchev–Trinajstić information content (AvgIpc) is 2.76. The highest BCUT2D eigenvalue weighted by Gasteiger charge is 2.71. The third kappa shape index (κ3) is 2.92. The van der Waals surface area contributed by atoms with Gasteiger partial charge >= 0.3 is 0 Å². The summed E-state index contributed by atoms with van der Waals surface area (Å²) in [6.07, 6.45) is -0.122. The van der Waals surface area contributed by atoms with Crippen molar-refractivity contribution in [1.82, 2.24) is 4.90 Å². The number of phenolic OH excluding ortho intramolecular Hbond substituents is 1. The number of hydrogen-bond acceptors (Lipinski definition) is 11. The number of aromatic hydroxyl groups is 1. The molecule has 1 unspecified atom stereocenters. The maximum Gasteiger partial charge on any atom is 0.255 e. The lowest BCUT2D eigenvalue weighted by Gasteiger charge is -2.56. The summed E-state index contributed by atoms with van der Waals surface area (Å²) in [5.41, 5.74) is 6.81. The second kappa shape index (κ2) is 7.88. The van der Waals surface area contributed by atoms with Gasteiger partial charge in [-0.2, -0.15) is 0 Å². The van der Waals surface area contributed by atoms with Crippen LogP contribution >= 0.6 is 0 Å². The van der Waals surface area contributed by atoms with Crippen LogP contribution in [0, 0.1) is 5.92 Å². The molecule has 1 saturated carbocycles. The molecule has 0 spiro atoms. The molecule has 3 aliphatic rings. The number of Topliss-reactive ketones (excluding diaryl/α,β-unsaturated/α-hetero) is 2. The van der Waals surface area contributed by atoms with Gasteiger partial charge in [0, 0.05) is 25.4 Å². The Labute approximate surface area is 206 Å². The molecule has 12 heteroatoms. The van der Waals surface area contributed by atoms with Crippen molar-refractivity contribution in [3.63, 3.8) is 0 Å². The van der Waals surface area contributed by atoms with E-state index in [4.69, 9.17) is 11.5 Å². The third-order valence-corrected chi connectivity index (χ3v) is 7.52. The number of carbonyl (C=O) groups is 3. The number of ketones is 2. The zero-order chi connectivity index (χ0) is 27.1. The summed E-state index contributed by atoms with van der Waals surface area (Å²) < 4.78 is 0. The molecule has 0 aliphatic heterocycles. The number of carbonyl (C=O) groups excluding carboxylic acids is 3. The predicted molar refractivity (Wildman–Crippen MR) is 131 cm³/mol. The normalized spacial score (nSPS) is 29.6. The second-order valence-electron chi connectivity index (χ2n) is 9.94. The Hall–Kier alpha value is -3.74. The molecule has 0 bridgehead atoms. The van der Waals surface area contributed by atoms with Crippen molar-refractivity contribution in [2.24, 2.45) is 22.4 Å². The smallest absolute Gasteiger partial charge is 0.255 e. The van der Waals surface area contributed by atoms with Crippen molar-refractivity contribution in [2.75, 3.05) is 33.1 Å². The number of amides is 1. The lowest BCUT2D eigenvalue weighted by atomic mass is 9.53. The van der Waals surface area contributed by atoms with E-state index in [1.165, 1.54) is 19.0 Å². The van der Waals surface area contributed by atoms with Gasteiger partial charge in [-0.15, -0.1) is 0 Å². The van der Waals surface area contributed by atoms with Crippen LogP contribution in [0.25, 0.3) is 5.76 Å². The van der Waals surface area contributed by atoms with E-state index in [1.807, 2.05) is 0 Å². The van der Waals surface area contributed by atoms with Crippen LogP contribution in [0.2, 0.25) is 0 Å². The standard InChI is InChI=1S/C24H29N5O7/c1-27-11-7-12(28(2)3)10-6-9-8-23(26)19(29(4)5)18(32)15(22(25)35)21(34)24(23,36)20(33)13(9)17(31)14(10)16(11)30/h7,9,19,30-31,34,36H,1,6,8,26H2,2-5H3,(H2,25,35)/t9-,19?,23+,24-/m0/s1. The van der Waals surface area contributed by atoms with Gasteiger partial charge in [0.25, 0.3) is 5.91 Å². The van der Waals surface area contributed by atoms with Crippen LogP contribution in [-0.4, -0.2) is 94.9 Å². The Kier molecular flexibility index (Phi) is 5.55. The van der Waals surface area contributed by atoms with Gasteiger partial charge in [-0.3, -0.25) is 24.3 Å². The van der Waals surface area contributed by atoms with Crippen LogP contribution in [-0.2, 0) is 20.8 Å². The molecule has 0 radical (unpaired) electrons. The lowest BCUT2D eigenvalue weighted by Crippen LogP contribution is -2.80. The largest absolute Gasteiger partial charge is 0.508 e. The number of aliphatic hydroxyl groups is 3. The number of phenols is 1. The number of likely N-dealkylation sites (N-methyl/N-ethyl adjacent to an activating group) is 1. The van der Waals surface area contributed by atoms with E-state index in [2.05, 4.69) is 11.7 Å². The Morgan fingerprint density at radius 3 is 2.31 bits per heavy atom. The molecule has 1 amide bonds. The predicted octanol–water partition coefficient (Wildman–Crippen LogP) is -0.557. The Morgan fingerprint density at radius 2 is 1.81 bits per heavy atom. The minimum Gasteiger partial charge on any atom is -0.508 e. The summed E-state index contributed by atoms with van der Waals surface area (Å²) in [4.78, 5) is 46.1. The monoisotopic (exact) mass is 499 g/mol. The van der Waals surface area contributed by atoms with Crippen molar-refractivity contribution in [3.05, 3.63) is 34.1 Å². The molecule has 1 aromatic rings. The van der Waals surface area contributed by atoms with Gasteiger partial charge in [0.05, 0.1) is 17.1 Å². The van der Waals surface area contributed by atoms with Crippen LogP contribution in [0.15, 0.2) is 28.0 Å². The maximum atomic E-state index is 13.9. The highest BCUT2D eigenvalue weighted by Crippen LogP contribution is 2.55. The molecule has 36 heavy (non-hydrogen) atoms. The van der Waals surface area contributed by atoms with E-state index in [0.717, 1.165) is 0 Å². The number of fused-ring (bicyclic) bond motifs is 3. The van der Waals surface area contributed by atoms with Crippen LogP contribution < -0.4 is 16.4 Å². The maximum absolute atomic E-state index is 13.9. The SMILES string of the molecule is C=Nc1cc(N(C)C)c2c(c1O)C(O)=C1C(=O)[C@]3(O)C(O)=C(C(N)=O)C(=O)C(N(C)C)[C@]3(N)C[C@@H]1C2. The first-order valence-corrected chi connectivity index (χ1v) is 11.1. The fourth-order valence-electron chi connectivity index (χ4n) is 6.01. The van der Waals surface area contributed by atoms with Crippen LogP contribution in [0.4, 0.5) is 11.4 Å². The first-order valence-electron chi connectivity index (χ1n) is 11.1. The van der Waals surface area contributed by atoms with Gasteiger partial charge in [0.15, 0.2) is 17.3 Å². The summed E-state index contributed by atoms with van der Waals surface area (Å²) >= 11 is 0. The Balaban J connectivity index is 2.07. The topological polar surface area (TPSA) is 203 Å². The molecule has 12 nitrogen and oxygen atoms in total. The summed E-state index contributed by atoms with van der Waals surface area (Å²) in [7, 11) is 6.46. The number of primary amides is 1. The summed E-state index contributed by atoms with van der Waals surface area (Å²) in [5, 5.41) is 44.8. The molecule has 0 aromatic heterocycles. The van der Waals surface area contributed by atoms with E-state index in [-0.39, 0.29) is 29.7 Å². The van der Waals surface area contributed by atoms with Crippen molar-refractivity contribution in [3.8, 4) is 5.75 Å². The molecule has 8 N–H and O–H groups in total. The molecule has 0 heterocycles.